The number of aromatic nitrogens is 3. The number of sulfonamides is 1. The van der Waals surface area contributed by atoms with Crippen LogP contribution in [0.2, 0.25) is 0 Å². The van der Waals surface area contributed by atoms with Crippen LogP contribution in [0.4, 0.5) is 5.82 Å². The fourth-order valence-electron chi connectivity index (χ4n) is 3.48. The summed E-state index contributed by atoms with van der Waals surface area (Å²) >= 11 is 1.15. The number of benzene rings is 1. The molecule has 0 bridgehead atoms. The van der Waals surface area contributed by atoms with Crippen LogP contribution in [-0.4, -0.2) is 53.2 Å². The Kier molecular flexibility index (Phi) is 5.85. The van der Waals surface area contributed by atoms with E-state index in [1.54, 1.807) is 18.3 Å². The van der Waals surface area contributed by atoms with Gasteiger partial charge >= 0.3 is 0 Å². The van der Waals surface area contributed by atoms with Gasteiger partial charge in [-0.3, -0.25) is 4.79 Å². The first-order valence-electron chi connectivity index (χ1n) is 9.64. The number of nitrogens with zero attached hydrogens (tertiary/aromatic N) is 4. The first-order valence-corrected chi connectivity index (χ1v) is 12.1. The number of thioether (sulfide) groups is 1. The molecule has 4 rings (SSSR count). The molecule has 11 heteroatoms. The van der Waals surface area contributed by atoms with Gasteiger partial charge in [0, 0.05) is 20.2 Å². The maximum absolute atomic E-state index is 12.4. The highest BCUT2D eigenvalue weighted by Gasteiger charge is 2.21. The third kappa shape index (κ3) is 4.23. The van der Waals surface area contributed by atoms with Gasteiger partial charge in [-0.25, -0.2) is 22.4 Å². The lowest BCUT2D eigenvalue weighted by Crippen LogP contribution is -2.22. The van der Waals surface area contributed by atoms with Gasteiger partial charge in [-0.2, -0.15) is 5.10 Å². The van der Waals surface area contributed by atoms with Crippen LogP contribution in [0, 0.1) is 0 Å². The summed E-state index contributed by atoms with van der Waals surface area (Å²) in [6.45, 7) is 0. The van der Waals surface area contributed by atoms with Crippen molar-refractivity contribution in [2.75, 3.05) is 25.2 Å². The Morgan fingerprint density at radius 2 is 2.07 bits per heavy atom. The number of oxazole rings is 1. The molecule has 2 aromatic heterocycles. The van der Waals surface area contributed by atoms with Crippen LogP contribution in [0.15, 0.2) is 45.0 Å². The normalized spacial score (nSPS) is 15.3. The molecule has 1 fully saturated rings. The summed E-state index contributed by atoms with van der Waals surface area (Å²) in [5.74, 6) is 0.632. The Balaban J connectivity index is 1.41. The van der Waals surface area contributed by atoms with Gasteiger partial charge in [0.05, 0.1) is 22.9 Å². The smallest absolute Gasteiger partial charge is 0.257 e. The summed E-state index contributed by atoms with van der Waals surface area (Å²) in [5, 5.41) is 7.56. The highest BCUT2D eigenvalue weighted by atomic mass is 32.2. The van der Waals surface area contributed by atoms with Crippen LogP contribution in [0.25, 0.3) is 11.1 Å². The van der Waals surface area contributed by atoms with Crippen molar-refractivity contribution in [3.8, 4) is 0 Å². The van der Waals surface area contributed by atoms with Crippen molar-refractivity contribution in [2.24, 2.45) is 0 Å². The molecule has 1 N–H and O–H groups in total. The van der Waals surface area contributed by atoms with Crippen LogP contribution in [-0.2, 0) is 14.8 Å². The predicted molar refractivity (Wildman–Crippen MR) is 114 cm³/mol. The van der Waals surface area contributed by atoms with Gasteiger partial charge in [-0.15, -0.1) is 0 Å². The van der Waals surface area contributed by atoms with Crippen molar-refractivity contribution in [3.63, 3.8) is 0 Å². The van der Waals surface area contributed by atoms with Crippen molar-refractivity contribution in [1.82, 2.24) is 19.1 Å². The summed E-state index contributed by atoms with van der Waals surface area (Å²) in [4.78, 5) is 16.9. The Hall–Kier alpha value is -2.37. The second-order valence-electron chi connectivity index (χ2n) is 7.33. The summed E-state index contributed by atoms with van der Waals surface area (Å²) < 4.78 is 33.2. The fraction of sp³-hybridized carbons (Fsp3) is 0.421. The topological polar surface area (TPSA) is 110 Å². The molecule has 1 aromatic carbocycles. The van der Waals surface area contributed by atoms with Crippen molar-refractivity contribution in [2.45, 2.75) is 41.8 Å². The highest BCUT2D eigenvalue weighted by Crippen LogP contribution is 2.31. The number of rotatable bonds is 7. The Morgan fingerprint density at radius 1 is 1.30 bits per heavy atom. The lowest BCUT2D eigenvalue weighted by molar-refractivity contribution is -0.113. The van der Waals surface area contributed by atoms with Gasteiger partial charge in [-0.1, -0.05) is 24.6 Å². The highest BCUT2D eigenvalue weighted by molar-refractivity contribution is 7.99. The van der Waals surface area contributed by atoms with E-state index in [1.165, 1.54) is 39.1 Å². The van der Waals surface area contributed by atoms with Crippen LogP contribution >= 0.6 is 11.8 Å². The largest absolute Gasteiger partial charge is 0.431 e. The molecule has 0 radical (unpaired) electrons. The molecule has 1 aliphatic carbocycles. The van der Waals surface area contributed by atoms with Gasteiger partial charge in [0.15, 0.2) is 5.58 Å². The lowest BCUT2D eigenvalue weighted by atomic mass is 10.2. The van der Waals surface area contributed by atoms with Crippen LogP contribution in [0.1, 0.15) is 31.7 Å². The van der Waals surface area contributed by atoms with E-state index < -0.39 is 10.0 Å². The molecule has 160 valence electrons. The third-order valence-electron chi connectivity index (χ3n) is 5.05. The third-order valence-corrected chi connectivity index (χ3v) is 7.69. The van der Waals surface area contributed by atoms with Gasteiger partial charge in [-0.05, 0) is 31.0 Å². The predicted octanol–water partition coefficient (Wildman–Crippen LogP) is 3.12. The molecule has 9 nitrogen and oxygen atoms in total. The van der Waals surface area contributed by atoms with E-state index in [1.807, 2.05) is 4.68 Å². The first kappa shape index (κ1) is 20.9. The molecule has 3 aromatic rings. The van der Waals surface area contributed by atoms with Crippen LogP contribution in [0.5, 0.6) is 0 Å². The minimum absolute atomic E-state index is 0.117. The molecule has 1 aliphatic rings. The Labute approximate surface area is 178 Å². The Bertz CT molecular complexity index is 1160. The molecule has 0 aliphatic heterocycles. The fourth-order valence-corrected chi connectivity index (χ4v) is 5.04. The van der Waals surface area contributed by atoms with Gasteiger partial charge in [0.1, 0.15) is 11.3 Å². The van der Waals surface area contributed by atoms with Crippen molar-refractivity contribution >= 4 is 44.6 Å². The van der Waals surface area contributed by atoms with Crippen molar-refractivity contribution in [3.05, 3.63) is 30.5 Å². The van der Waals surface area contributed by atoms with E-state index in [2.05, 4.69) is 15.4 Å². The maximum Gasteiger partial charge on any atom is 0.257 e. The van der Waals surface area contributed by atoms with Gasteiger partial charge in [0.2, 0.25) is 15.9 Å². The maximum atomic E-state index is 12.4. The molecular formula is C19H23N5O4S2. The molecule has 1 saturated carbocycles. The van der Waals surface area contributed by atoms with E-state index in [0.717, 1.165) is 28.9 Å². The first-order chi connectivity index (χ1) is 14.3. The van der Waals surface area contributed by atoms with E-state index in [4.69, 9.17) is 4.42 Å². The molecule has 0 atom stereocenters. The summed E-state index contributed by atoms with van der Waals surface area (Å²) in [5.41, 5.74) is 0.898. The van der Waals surface area contributed by atoms with Crippen molar-refractivity contribution in [1.29, 1.82) is 0 Å². The van der Waals surface area contributed by atoms with Gasteiger partial charge < -0.3 is 9.73 Å². The zero-order chi connectivity index (χ0) is 21.3. The second-order valence-corrected chi connectivity index (χ2v) is 10.4. The summed E-state index contributed by atoms with van der Waals surface area (Å²) in [6, 6.07) is 6.66. The molecule has 1 amide bonds. The van der Waals surface area contributed by atoms with Gasteiger partial charge in [0.25, 0.3) is 5.22 Å². The average molecular weight is 450 g/mol. The number of hydrogen-bond donors (Lipinski definition) is 1. The molecule has 2 heterocycles. The number of amides is 1. The monoisotopic (exact) mass is 449 g/mol. The minimum Gasteiger partial charge on any atom is -0.431 e. The zero-order valence-corrected chi connectivity index (χ0v) is 18.4. The van der Waals surface area contributed by atoms with Crippen LogP contribution in [0.3, 0.4) is 0 Å². The standard InChI is InChI=1S/C19H23N5O4S2/c1-23(2)30(26,27)14-7-8-16-15(11-14)21-19(28-16)29-12-18(25)22-17-9-10-20-24(17)13-5-3-4-6-13/h7-11,13H,3-6,12H2,1-2H3,(H,22,25). The van der Waals surface area contributed by atoms with E-state index in [-0.39, 0.29) is 16.6 Å². The number of carbonyl (C=O) groups excluding carboxylic acids is 1. The molecule has 30 heavy (non-hydrogen) atoms. The molecular weight excluding hydrogens is 426 g/mol. The molecule has 0 saturated heterocycles. The van der Waals surface area contributed by atoms with E-state index >= 15 is 0 Å². The number of fused-ring (bicyclic) bond motifs is 1. The Morgan fingerprint density at radius 3 is 2.80 bits per heavy atom. The number of carbonyl (C=O) groups is 1. The number of anilines is 1. The quantitative estimate of drug-likeness (QED) is 0.552. The van der Waals surface area contributed by atoms with E-state index in [9.17, 15) is 13.2 Å². The lowest BCUT2D eigenvalue weighted by Gasteiger charge is -2.14. The summed E-state index contributed by atoms with van der Waals surface area (Å²) in [6.07, 6.45) is 6.22. The minimum atomic E-state index is -3.55. The SMILES string of the molecule is CN(C)S(=O)(=O)c1ccc2oc(SCC(=O)Nc3ccnn3C3CCCC3)nc2c1. The van der Waals surface area contributed by atoms with E-state index in [0.29, 0.717) is 28.2 Å². The zero-order valence-electron chi connectivity index (χ0n) is 16.7. The van der Waals surface area contributed by atoms with Crippen molar-refractivity contribution < 1.29 is 17.6 Å². The second kappa shape index (κ2) is 8.40. The molecule has 0 spiro atoms. The number of nitrogens with one attached hydrogen (secondary N) is 1. The average Bonchev–Trinajstić information content (AvgIpc) is 3.45. The number of hydrogen-bond acceptors (Lipinski definition) is 7. The molecule has 0 unspecified atom stereocenters. The summed E-state index contributed by atoms with van der Waals surface area (Å²) in [7, 11) is -0.606. The van der Waals surface area contributed by atoms with Crippen LogP contribution < -0.4 is 5.32 Å².